The van der Waals surface area contributed by atoms with Gasteiger partial charge in [-0.05, 0) is 18.3 Å². The van der Waals surface area contributed by atoms with E-state index in [-0.39, 0.29) is 5.92 Å². The first kappa shape index (κ1) is 6.38. The van der Waals surface area contributed by atoms with Crippen LogP contribution in [0, 0.1) is 17.8 Å². The molecule has 1 saturated carbocycles. The highest BCUT2D eigenvalue weighted by Crippen LogP contribution is 2.56. The molecule has 0 spiro atoms. The van der Waals surface area contributed by atoms with E-state index in [2.05, 4.69) is 13.0 Å². The Morgan fingerprint density at radius 1 is 1.60 bits per heavy atom. The second-order valence-electron chi connectivity index (χ2n) is 3.43. The predicted octanol–water partition coefficient (Wildman–Crippen LogP) is 0.509. The minimum atomic E-state index is -1.11. The zero-order chi connectivity index (χ0) is 7.30. The molecule has 2 rings (SSSR count). The van der Waals surface area contributed by atoms with Crippen molar-refractivity contribution in [1.82, 2.24) is 0 Å². The van der Waals surface area contributed by atoms with Crippen LogP contribution in [-0.4, -0.2) is 16.5 Å². The molecule has 10 heavy (non-hydrogen) atoms. The molecule has 0 aromatic carbocycles. The summed E-state index contributed by atoms with van der Waals surface area (Å²) in [7, 11) is 0. The molecule has 0 aromatic heterocycles. The van der Waals surface area contributed by atoms with Gasteiger partial charge in [-0.15, -0.1) is 0 Å². The van der Waals surface area contributed by atoms with E-state index in [1.165, 1.54) is 5.57 Å². The first-order chi connectivity index (χ1) is 4.70. The summed E-state index contributed by atoms with van der Waals surface area (Å²) >= 11 is 0. The van der Waals surface area contributed by atoms with Crippen molar-refractivity contribution in [1.29, 1.82) is 0 Å². The fourth-order valence-corrected chi connectivity index (χ4v) is 2.06. The van der Waals surface area contributed by atoms with Gasteiger partial charge in [0.1, 0.15) is 0 Å². The largest absolute Gasteiger partial charge is 0.368 e. The van der Waals surface area contributed by atoms with Crippen LogP contribution < -0.4 is 0 Å². The van der Waals surface area contributed by atoms with E-state index in [9.17, 15) is 0 Å². The molecule has 2 nitrogen and oxygen atoms in total. The van der Waals surface area contributed by atoms with Crippen molar-refractivity contribution in [2.45, 2.75) is 19.6 Å². The van der Waals surface area contributed by atoms with Crippen LogP contribution in [-0.2, 0) is 0 Å². The molecule has 2 aliphatic rings. The third-order valence-corrected chi connectivity index (χ3v) is 2.56. The van der Waals surface area contributed by atoms with Crippen molar-refractivity contribution < 1.29 is 10.2 Å². The van der Waals surface area contributed by atoms with Gasteiger partial charge in [-0.1, -0.05) is 18.6 Å². The zero-order valence-electron chi connectivity index (χ0n) is 5.99. The average Bonchev–Trinajstić information content (AvgIpc) is 2.32. The average molecular weight is 140 g/mol. The first-order valence-electron chi connectivity index (χ1n) is 3.78. The zero-order valence-corrected chi connectivity index (χ0v) is 5.99. The number of hydrogen-bond acceptors (Lipinski definition) is 2. The van der Waals surface area contributed by atoms with Gasteiger partial charge in [0, 0.05) is 5.92 Å². The second kappa shape index (κ2) is 1.83. The maximum absolute atomic E-state index is 8.80. The summed E-state index contributed by atoms with van der Waals surface area (Å²) in [5, 5.41) is 17.6. The van der Waals surface area contributed by atoms with Gasteiger partial charge in [0.05, 0.1) is 0 Å². The highest BCUT2D eigenvalue weighted by atomic mass is 16.5. The van der Waals surface area contributed by atoms with Crippen molar-refractivity contribution in [2.75, 3.05) is 0 Å². The Bertz CT molecular complexity index is 184. The monoisotopic (exact) mass is 140 g/mol. The van der Waals surface area contributed by atoms with Crippen molar-refractivity contribution >= 4 is 0 Å². The molecule has 2 heteroatoms. The van der Waals surface area contributed by atoms with Gasteiger partial charge in [-0.25, -0.2) is 0 Å². The van der Waals surface area contributed by atoms with Gasteiger partial charge in [0.2, 0.25) is 0 Å². The molecule has 2 N–H and O–H groups in total. The van der Waals surface area contributed by atoms with E-state index >= 15 is 0 Å². The van der Waals surface area contributed by atoms with Crippen molar-refractivity contribution in [2.24, 2.45) is 17.8 Å². The Balaban J connectivity index is 2.07. The normalized spacial score (nSPS) is 43.6. The van der Waals surface area contributed by atoms with Crippen molar-refractivity contribution in [3.8, 4) is 0 Å². The summed E-state index contributed by atoms with van der Waals surface area (Å²) in [6, 6.07) is 0. The number of fused-ring (bicyclic) bond motifs is 1. The molecule has 0 bridgehead atoms. The van der Waals surface area contributed by atoms with Gasteiger partial charge in [0.25, 0.3) is 0 Å². The Morgan fingerprint density at radius 2 is 2.30 bits per heavy atom. The Hall–Kier alpha value is -0.340. The van der Waals surface area contributed by atoms with Crippen LogP contribution in [0.5, 0.6) is 0 Å². The van der Waals surface area contributed by atoms with Crippen LogP contribution in [0.25, 0.3) is 0 Å². The lowest BCUT2D eigenvalue weighted by Gasteiger charge is -2.04. The highest BCUT2D eigenvalue weighted by Gasteiger charge is 2.51. The van der Waals surface area contributed by atoms with Crippen molar-refractivity contribution in [3.63, 3.8) is 0 Å². The maximum Gasteiger partial charge on any atom is 0.158 e. The molecular weight excluding hydrogens is 128 g/mol. The topological polar surface area (TPSA) is 40.5 Å². The van der Waals surface area contributed by atoms with Crippen LogP contribution in [0.15, 0.2) is 11.6 Å². The van der Waals surface area contributed by atoms with E-state index in [0.29, 0.717) is 11.8 Å². The SMILES string of the molecule is CC1C=C2C(C1)C2C(O)O. The van der Waals surface area contributed by atoms with Gasteiger partial charge in [-0.3, -0.25) is 0 Å². The number of aliphatic hydroxyl groups excluding tert-OH is 1. The number of allylic oxidation sites excluding steroid dienone is 1. The lowest BCUT2D eigenvalue weighted by Crippen LogP contribution is -2.10. The summed E-state index contributed by atoms with van der Waals surface area (Å²) in [6.45, 7) is 2.17. The molecule has 0 heterocycles. The molecule has 0 amide bonds. The fraction of sp³-hybridized carbons (Fsp3) is 0.750. The van der Waals surface area contributed by atoms with E-state index in [1.807, 2.05) is 0 Å². The van der Waals surface area contributed by atoms with E-state index in [4.69, 9.17) is 10.2 Å². The third kappa shape index (κ3) is 0.724. The molecule has 2 aliphatic carbocycles. The molecule has 0 saturated heterocycles. The summed E-state index contributed by atoms with van der Waals surface area (Å²) < 4.78 is 0. The highest BCUT2D eigenvalue weighted by molar-refractivity contribution is 5.35. The Labute approximate surface area is 60.2 Å². The first-order valence-corrected chi connectivity index (χ1v) is 3.78. The Morgan fingerprint density at radius 3 is 2.70 bits per heavy atom. The smallest absolute Gasteiger partial charge is 0.158 e. The Kier molecular flexibility index (Phi) is 1.17. The van der Waals surface area contributed by atoms with Crippen molar-refractivity contribution in [3.05, 3.63) is 11.6 Å². The van der Waals surface area contributed by atoms with E-state index in [0.717, 1.165) is 6.42 Å². The molecule has 0 radical (unpaired) electrons. The molecule has 3 atom stereocenters. The minimum Gasteiger partial charge on any atom is -0.368 e. The van der Waals surface area contributed by atoms with Gasteiger partial charge in [0.15, 0.2) is 6.29 Å². The third-order valence-electron chi connectivity index (χ3n) is 2.56. The second-order valence-corrected chi connectivity index (χ2v) is 3.43. The molecule has 0 aromatic rings. The van der Waals surface area contributed by atoms with E-state index < -0.39 is 6.29 Å². The molecule has 3 unspecified atom stereocenters. The number of rotatable bonds is 1. The standard InChI is InChI=1S/C8H12O2/c1-4-2-5-6(3-4)7(5)8(9)10/h2,4,6-10H,3H2,1H3. The maximum atomic E-state index is 8.80. The number of hydrogen-bond donors (Lipinski definition) is 2. The van der Waals surface area contributed by atoms with Crippen LogP contribution in [0.4, 0.5) is 0 Å². The summed E-state index contributed by atoms with van der Waals surface area (Å²) in [4.78, 5) is 0. The lowest BCUT2D eigenvalue weighted by molar-refractivity contribution is -0.0585. The molecule has 0 aliphatic heterocycles. The van der Waals surface area contributed by atoms with Crippen LogP contribution in [0.1, 0.15) is 13.3 Å². The number of aliphatic hydroxyl groups is 2. The quantitative estimate of drug-likeness (QED) is 0.411. The van der Waals surface area contributed by atoms with Gasteiger partial charge in [-0.2, -0.15) is 0 Å². The fourth-order valence-electron chi connectivity index (χ4n) is 2.06. The van der Waals surface area contributed by atoms with Gasteiger partial charge >= 0.3 is 0 Å². The molecule has 56 valence electrons. The summed E-state index contributed by atoms with van der Waals surface area (Å²) in [5.41, 5.74) is 1.28. The molecular formula is C8H12O2. The summed E-state index contributed by atoms with van der Waals surface area (Å²) in [6.07, 6.45) is 2.19. The van der Waals surface area contributed by atoms with Crippen LogP contribution >= 0.6 is 0 Å². The van der Waals surface area contributed by atoms with Crippen LogP contribution in [0.2, 0.25) is 0 Å². The molecule has 1 fully saturated rings. The van der Waals surface area contributed by atoms with Crippen LogP contribution in [0.3, 0.4) is 0 Å². The predicted molar refractivity (Wildman–Crippen MR) is 37.1 cm³/mol. The summed E-state index contributed by atoms with van der Waals surface area (Å²) in [5.74, 6) is 1.26. The minimum absolute atomic E-state index is 0.0937. The van der Waals surface area contributed by atoms with E-state index in [1.54, 1.807) is 0 Å². The lowest BCUT2D eigenvalue weighted by atomic mass is 10.1. The van der Waals surface area contributed by atoms with Gasteiger partial charge < -0.3 is 10.2 Å².